The minimum Gasteiger partial charge on any atom is -0.318 e. The molecule has 0 amide bonds. The number of benzene rings is 1. The van der Waals surface area contributed by atoms with Crippen molar-refractivity contribution in [3.05, 3.63) is 57.9 Å². The number of halogens is 5. The molecule has 0 spiro atoms. The van der Waals surface area contributed by atoms with Crippen molar-refractivity contribution < 1.29 is 22.4 Å². The first-order valence-corrected chi connectivity index (χ1v) is 9.64. The van der Waals surface area contributed by atoms with Crippen LogP contribution in [0.15, 0.2) is 29.4 Å². The Hall–Kier alpha value is -2.33. The fourth-order valence-corrected chi connectivity index (χ4v) is 3.93. The molecule has 0 saturated heterocycles. The van der Waals surface area contributed by atoms with Crippen molar-refractivity contribution in [2.45, 2.75) is 25.2 Å². The molecule has 2 heterocycles. The van der Waals surface area contributed by atoms with E-state index in [1.54, 1.807) is 30.5 Å². The van der Waals surface area contributed by atoms with Gasteiger partial charge in [0.15, 0.2) is 10.9 Å². The van der Waals surface area contributed by atoms with Gasteiger partial charge in [-0.25, -0.2) is 4.39 Å². The highest BCUT2D eigenvalue weighted by Crippen LogP contribution is 2.30. The lowest BCUT2D eigenvalue weighted by atomic mass is 10.2. The van der Waals surface area contributed by atoms with E-state index in [1.807, 2.05) is 0 Å². The Morgan fingerprint density at radius 3 is 2.48 bits per heavy atom. The first-order valence-electron chi connectivity index (χ1n) is 8.27. The maximum absolute atomic E-state index is 13.4. The van der Waals surface area contributed by atoms with Crippen LogP contribution in [-0.2, 0) is 13.2 Å². The highest BCUT2D eigenvalue weighted by atomic mass is 35.5. The number of alkyl halides is 3. The number of hydrogen-bond acceptors (Lipinski definition) is 4. The van der Waals surface area contributed by atoms with Crippen molar-refractivity contribution in [2.75, 3.05) is 5.75 Å². The van der Waals surface area contributed by atoms with E-state index >= 15 is 0 Å². The van der Waals surface area contributed by atoms with Gasteiger partial charge in [-0.15, -0.1) is 10.2 Å². The second-order valence-electron chi connectivity index (χ2n) is 6.29. The molecule has 3 rings (SSSR count). The predicted octanol–water partition coefficient (Wildman–Crippen LogP) is 5.01. The zero-order valence-corrected chi connectivity index (χ0v) is 17.1. The van der Waals surface area contributed by atoms with Crippen LogP contribution >= 0.6 is 23.4 Å². The maximum atomic E-state index is 13.4. The molecule has 154 valence electrons. The maximum Gasteiger partial charge on any atom is 0.451 e. The normalized spacial score (nSPS) is 11.9. The molecule has 0 bridgehead atoms. The average Bonchev–Trinajstić information content (AvgIpc) is 3.15. The molecule has 0 aliphatic heterocycles. The van der Waals surface area contributed by atoms with Crippen molar-refractivity contribution in [1.29, 1.82) is 0 Å². The number of nitrogens with zero attached hydrogens (tertiary/aromatic N) is 4. The lowest BCUT2D eigenvalue weighted by molar-refractivity contribution is -0.147. The molecule has 1 aromatic carbocycles. The van der Waals surface area contributed by atoms with Crippen LogP contribution in [0.2, 0.25) is 5.02 Å². The SMILES string of the molecule is Cc1cc(C(=O)CSc2nnc(C(F)(F)F)n2C)c(C)n1-c1ccc(F)c(Cl)c1. The third-order valence-corrected chi connectivity index (χ3v) is 5.62. The van der Waals surface area contributed by atoms with E-state index in [1.165, 1.54) is 19.2 Å². The quantitative estimate of drug-likeness (QED) is 0.314. The lowest BCUT2D eigenvalue weighted by Crippen LogP contribution is -2.13. The van der Waals surface area contributed by atoms with Gasteiger partial charge in [-0.2, -0.15) is 13.2 Å². The molecule has 5 nitrogen and oxygen atoms in total. The first kappa shape index (κ1) is 21.4. The number of aromatic nitrogens is 4. The fourth-order valence-electron chi connectivity index (χ4n) is 2.96. The van der Waals surface area contributed by atoms with Crippen LogP contribution in [0.1, 0.15) is 27.6 Å². The zero-order chi connectivity index (χ0) is 21.5. The Kier molecular flexibility index (Phi) is 5.77. The molecule has 3 aromatic rings. The topological polar surface area (TPSA) is 52.7 Å². The molecule has 29 heavy (non-hydrogen) atoms. The highest BCUT2D eigenvalue weighted by Gasteiger charge is 2.37. The second-order valence-corrected chi connectivity index (χ2v) is 7.64. The molecular weight excluding hydrogens is 432 g/mol. The monoisotopic (exact) mass is 446 g/mol. The summed E-state index contributed by atoms with van der Waals surface area (Å²) in [7, 11) is 1.19. The van der Waals surface area contributed by atoms with Gasteiger partial charge in [0.05, 0.1) is 10.8 Å². The van der Waals surface area contributed by atoms with Crippen LogP contribution in [0.4, 0.5) is 17.6 Å². The Labute approximate surface area is 172 Å². The van der Waals surface area contributed by atoms with Crippen molar-refractivity contribution in [2.24, 2.45) is 7.05 Å². The molecule has 0 atom stereocenters. The number of carbonyl (C=O) groups is 1. The Bertz CT molecular complexity index is 1090. The first-order chi connectivity index (χ1) is 13.5. The zero-order valence-electron chi connectivity index (χ0n) is 15.5. The van der Waals surface area contributed by atoms with Crippen molar-refractivity contribution in [3.63, 3.8) is 0 Å². The molecule has 0 saturated carbocycles. The van der Waals surface area contributed by atoms with Crippen molar-refractivity contribution in [1.82, 2.24) is 19.3 Å². The van der Waals surface area contributed by atoms with Gasteiger partial charge in [-0.05, 0) is 38.1 Å². The number of carbonyl (C=O) groups excluding carboxylic acids is 1. The summed E-state index contributed by atoms with van der Waals surface area (Å²) in [6.45, 7) is 3.51. The number of ketones is 1. The predicted molar refractivity (Wildman–Crippen MR) is 101 cm³/mol. The van der Waals surface area contributed by atoms with Gasteiger partial charge in [0.1, 0.15) is 5.82 Å². The van der Waals surface area contributed by atoms with E-state index in [0.29, 0.717) is 16.9 Å². The summed E-state index contributed by atoms with van der Waals surface area (Å²) < 4.78 is 54.4. The lowest BCUT2D eigenvalue weighted by Gasteiger charge is -2.10. The molecule has 0 unspecified atom stereocenters. The standard InChI is InChI=1S/C18H15ClF4N4OS/c1-9-6-12(10(2)27(9)11-4-5-14(20)13(19)7-11)15(28)8-29-17-25-24-16(26(17)3)18(21,22)23/h4-7H,8H2,1-3H3. The van der Waals surface area contributed by atoms with Crippen LogP contribution in [0.3, 0.4) is 0 Å². The third-order valence-electron chi connectivity index (χ3n) is 4.31. The van der Waals surface area contributed by atoms with Gasteiger partial charge in [0.25, 0.3) is 0 Å². The van der Waals surface area contributed by atoms with E-state index < -0.39 is 17.8 Å². The van der Waals surface area contributed by atoms with E-state index in [-0.39, 0.29) is 21.7 Å². The van der Waals surface area contributed by atoms with Crippen LogP contribution in [0.25, 0.3) is 5.69 Å². The molecule has 11 heteroatoms. The van der Waals surface area contributed by atoms with E-state index in [0.717, 1.165) is 22.0 Å². The van der Waals surface area contributed by atoms with Gasteiger partial charge >= 0.3 is 6.18 Å². The van der Waals surface area contributed by atoms with Crippen LogP contribution in [0, 0.1) is 19.7 Å². The summed E-state index contributed by atoms with van der Waals surface area (Å²) in [5, 5.41) is 6.59. The third kappa shape index (κ3) is 4.18. The number of hydrogen-bond donors (Lipinski definition) is 0. The average molecular weight is 447 g/mol. The summed E-state index contributed by atoms with van der Waals surface area (Å²) in [6.07, 6.45) is -4.62. The minimum atomic E-state index is -4.62. The van der Waals surface area contributed by atoms with Gasteiger partial charge in [-0.3, -0.25) is 4.79 Å². The summed E-state index contributed by atoms with van der Waals surface area (Å²) >= 11 is 6.72. The summed E-state index contributed by atoms with van der Waals surface area (Å²) in [5.41, 5.74) is 2.36. The molecular formula is C18H15ClF4N4OS. The molecule has 2 aromatic heterocycles. The molecule has 0 radical (unpaired) electrons. The second kappa shape index (κ2) is 7.83. The fraction of sp³-hybridized carbons (Fsp3) is 0.278. The summed E-state index contributed by atoms with van der Waals surface area (Å²) in [5.74, 6) is -2.07. The Morgan fingerprint density at radius 1 is 1.21 bits per heavy atom. The van der Waals surface area contributed by atoms with Crippen LogP contribution in [-0.4, -0.2) is 30.9 Å². The van der Waals surface area contributed by atoms with E-state index in [9.17, 15) is 22.4 Å². The number of Topliss-reactive ketones (excluding diaryl/α,β-unsaturated/α-hetero) is 1. The summed E-state index contributed by atoms with van der Waals surface area (Å²) in [6, 6.07) is 5.91. The molecule has 0 N–H and O–H groups in total. The molecule has 0 aliphatic carbocycles. The number of thioether (sulfide) groups is 1. The van der Waals surface area contributed by atoms with Crippen molar-refractivity contribution in [3.8, 4) is 5.69 Å². The van der Waals surface area contributed by atoms with Crippen LogP contribution in [0.5, 0.6) is 0 Å². The van der Waals surface area contributed by atoms with E-state index in [2.05, 4.69) is 10.2 Å². The van der Waals surface area contributed by atoms with Gasteiger partial charge in [0.2, 0.25) is 5.82 Å². The van der Waals surface area contributed by atoms with E-state index in [4.69, 9.17) is 11.6 Å². The Morgan fingerprint density at radius 2 is 1.90 bits per heavy atom. The summed E-state index contributed by atoms with van der Waals surface area (Å²) in [4.78, 5) is 12.7. The van der Waals surface area contributed by atoms with Gasteiger partial charge in [0, 0.05) is 29.7 Å². The smallest absolute Gasteiger partial charge is 0.318 e. The molecule has 0 fully saturated rings. The van der Waals surface area contributed by atoms with Crippen molar-refractivity contribution >= 4 is 29.1 Å². The minimum absolute atomic E-state index is 0.00945. The Balaban J connectivity index is 1.82. The number of rotatable bonds is 5. The molecule has 0 aliphatic rings. The largest absolute Gasteiger partial charge is 0.451 e. The van der Waals surface area contributed by atoms with Gasteiger partial charge < -0.3 is 9.13 Å². The van der Waals surface area contributed by atoms with Crippen LogP contribution < -0.4 is 0 Å². The number of aryl methyl sites for hydroxylation is 1. The van der Waals surface area contributed by atoms with Gasteiger partial charge in [-0.1, -0.05) is 23.4 Å². The highest BCUT2D eigenvalue weighted by molar-refractivity contribution is 7.99.